The second-order valence-electron chi connectivity index (χ2n) is 9.21. The highest BCUT2D eigenvalue weighted by Gasteiger charge is 2.53. The Morgan fingerprint density at radius 1 is 1.10 bits per heavy atom. The van der Waals surface area contributed by atoms with E-state index in [9.17, 15) is 4.79 Å². The number of nitrogens with one attached hydrogen (secondary N) is 2. The Morgan fingerprint density at radius 3 is 2.58 bits per heavy atom. The van der Waals surface area contributed by atoms with Crippen molar-refractivity contribution in [1.82, 2.24) is 10.9 Å². The Morgan fingerprint density at radius 2 is 1.88 bits per heavy atom. The molecule has 0 unspecified atom stereocenters. The third-order valence-corrected chi connectivity index (χ3v) is 7.16. The predicted octanol–water partition coefficient (Wildman–Crippen LogP) is 6.10. The summed E-state index contributed by atoms with van der Waals surface area (Å²) in [4.78, 5) is 18.7. The van der Waals surface area contributed by atoms with Crippen LogP contribution in [0.4, 0.5) is 0 Å². The number of aliphatic hydroxyl groups is 1. The molecule has 0 spiro atoms. The Bertz CT molecular complexity index is 1370. The van der Waals surface area contributed by atoms with Gasteiger partial charge in [0.2, 0.25) is 5.90 Å². The summed E-state index contributed by atoms with van der Waals surface area (Å²) < 4.78 is 12.0. The molecule has 210 valence electrons. The van der Waals surface area contributed by atoms with E-state index >= 15 is 0 Å². The first-order valence-corrected chi connectivity index (χ1v) is 13.9. The van der Waals surface area contributed by atoms with Gasteiger partial charge in [-0.3, -0.25) is 10.2 Å². The first-order chi connectivity index (χ1) is 19.4. The molecule has 4 rings (SSSR count). The maximum absolute atomic E-state index is 13.8. The highest BCUT2D eigenvalue weighted by molar-refractivity contribution is 6.35. The lowest BCUT2D eigenvalue weighted by Gasteiger charge is -2.30. The maximum atomic E-state index is 13.8. The molecule has 1 heterocycles. The Labute approximate surface area is 248 Å². The summed E-state index contributed by atoms with van der Waals surface area (Å²) in [5.41, 5.74) is 6.69. The lowest BCUT2D eigenvalue weighted by molar-refractivity contribution is -0.129. The molecule has 40 heavy (non-hydrogen) atoms. The van der Waals surface area contributed by atoms with E-state index in [2.05, 4.69) is 17.4 Å². The van der Waals surface area contributed by atoms with E-state index in [1.807, 2.05) is 24.3 Å². The van der Waals surface area contributed by atoms with Gasteiger partial charge in [0.05, 0.1) is 6.61 Å². The summed E-state index contributed by atoms with van der Waals surface area (Å²) in [5.74, 6) is 0.536. The van der Waals surface area contributed by atoms with Gasteiger partial charge in [0.1, 0.15) is 5.75 Å². The van der Waals surface area contributed by atoms with Gasteiger partial charge in [0.25, 0.3) is 5.91 Å². The topological polar surface area (TPSA) is 92.2 Å². The molecule has 0 aromatic heterocycles. The van der Waals surface area contributed by atoms with Gasteiger partial charge in [-0.1, -0.05) is 59.1 Å². The SMILES string of the molecule is C=CC[C@]1(C(=O)NNCCc2cccc(Cl)c2)N=C(c2ccc(OCCCO)cc2)O[C@H]1c1ccc(Cl)cc1Cl. The summed E-state index contributed by atoms with van der Waals surface area (Å²) in [7, 11) is 0. The fourth-order valence-corrected chi connectivity index (χ4v) is 5.10. The van der Waals surface area contributed by atoms with Crippen LogP contribution < -0.4 is 15.6 Å². The van der Waals surface area contributed by atoms with Crippen molar-refractivity contribution in [1.29, 1.82) is 0 Å². The van der Waals surface area contributed by atoms with Crippen molar-refractivity contribution in [3.8, 4) is 5.75 Å². The molecule has 10 heteroatoms. The second-order valence-corrected chi connectivity index (χ2v) is 10.5. The van der Waals surface area contributed by atoms with Gasteiger partial charge in [-0.15, -0.1) is 6.58 Å². The molecule has 3 aromatic rings. The molecule has 0 saturated heterocycles. The number of hydrogen-bond acceptors (Lipinski definition) is 6. The fraction of sp³-hybridized carbons (Fsp3) is 0.267. The van der Waals surface area contributed by atoms with Crippen molar-refractivity contribution in [3.05, 3.63) is 111 Å². The van der Waals surface area contributed by atoms with Crippen LogP contribution in [-0.4, -0.2) is 42.2 Å². The smallest absolute Gasteiger partial charge is 0.266 e. The molecule has 0 saturated carbocycles. The van der Waals surface area contributed by atoms with Gasteiger partial charge in [0.15, 0.2) is 11.6 Å². The fourth-order valence-electron chi connectivity index (χ4n) is 4.38. The van der Waals surface area contributed by atoms with E-state index in [1.54, 1.807) is 48.5 Å². The average molecular weight is 603 g/mol. The Hall–Kier alpha value is -3.07. The zero-order chi connectivity index (χ0) is 28.5. The van der Waals surface area contributed by atoms with Crippen molar-refractivity contribution in [2.24, 2.45) is 4.99 Å². The van der Waals surface area contributed by atoms with Gasteiger partial charge < -0.3 is 14.6 Å². The lowest BCUT2D eigenvalue weighted by atomic mass is 9.84. The number of benzene rings is 3. The standard InChI is InChI=1S/C30H30Cl3N3O4/c1-2-14-30(29(38)36-34-15-13-20-5-3-6-22(31)18-20)27(25-12-9-23(32)19-26(25)33)40-28(35-30)21-7-10-24(11-8-21)39-17-4-16-37/h2-3,5-12,18-19,27,34,37H,1,4,13-17H2,(H,36,38)/t27-,30-/m0/s1. The molecule has 0 bridgehead atoms. The summed E-state index contributed by atoms with van der Waals surface area (Å²) in [6, 6.07) is 19.8. The molecule has 0 aliphatic carbocycles. The van der Waals surface area contributed by atoms with Crippen LogP contribution in [0, 0.1) is 0 Å². The summed E-state index contributed by atoms with van der Waals surface area (Å²) in [6.45, 7) is 4.81. The molecule has 1 aliphatic rings. The molecular formula is C30H30Cl3N3O4. The minimum Gasteiger partial charge on any atom is -0.494 e. The van der Waals surface area contributed by atoms with Crippen molar-refractivity contribution >= 4 is 46.6 Å². The third-order valence-electron chi connectivity index (χ3n) is 6.36. The molecular weight excluding hydrogens is 573 g/mol. The highest BCUT2D eigenvalue weighted by Crippen LogP contribution is 2.45. The Kier molecular flexibility index (Phi) is 10.5. The zero-order valence-electron chi connectivity index (χ0n) is 21.7. The predicted molar refractivity (Wildman–Crippen MR) is 159 cm³/mol. The van der Waals surface area contributed by atoms with E-state index in [0.29, 0.717) is 57.9 Å². The van der Waals surface area contributed by atoms with Crippen molar-refractivity contribution in [3.63, 3.8) is 0 Å². The maximum Gasteiger partial charge on any atom is 0.266 e. The van der Waals surface area contributed by atoms with Crippen LogP contribution >= 0.6 is 34.8 Å². The number of hydrazine groups is 1. The number of hydrogen-bond donors (Lipinski definition) is 3. The molecule has 1 aliphatic heterocycles. The second kappa shape index (κ2) is 14.0. The van der Waals surface area contributed by atoms with Crippen LogP contribution in [0.3, 0.4) is 0 Å². The van der Waals surface area contributed by atoms with Gasteiger partial charge >= 0.3 is 0 Å². The van der Waals surface area contributed by atoms with Crippen LogP contribution in [0.1, 0.15) is 35.6 Å². The number of amides is 1. The zero-order valence-corrected chi connectivity index (χ0v) is 24.0. The van der Waals surface area contributed by atoms with Gasteiger partial charge in [-0.2, -0.15) is 0 Å². The number of carbonyl (C=O) groups is 1. The van der Waals surface area contributed by atoms with E-state index in [1.165, 1.54) is 0 Å². The van der Waals surface area contributed by atoms with Crippen LogP contribution in [-0.2, 0) is 16.0 Å². The average Bonchev–Trinajstić information content (AvgIpc) is 3.32. The first-order valence-electron chi connectivity index (χ1n) is 12.8. The van der Waals surface area contributed by atoms with E-state index in [4.69, 9.17) is 54.4 Å². The van der Waals surface area contributed by atoms with Crippen molar-refractivity contribution in [2.75, 3.05) is 19.8 Å². The van der Waals surface area contributed by atoms with E-state index in [-0.39, 0.29) is 18.9 Å². The molecule has 2 atom stereocenters. The molecule has 0 radical (unpaired) electrons. The number of ether oxygens (including phenoxy) is 2. The first kappa shape index (κ1) is 29.9. The number of aliphatic imine (C=N–C) groups is 1. The van der Waals surface area contributed by atoms with Gasteiger partial charge in [-0.05, 0) is 60.5 Å². The number of halogens is 3. The van der Waals surface area contributed by atoms with Crippen LogP contribution in [0.5, 0.6) is 5.75 Å². The normalized spacial score (nSPS) is 18.1. The van der Waals surface area contributed by atoms with Gasteiger partial charge in [0, 0.05) is 52.2 Å². The summed E-state index contributed by atoms with van der Waals surface area (Å²) in [6.07, 6.45) is 2.16. The van der Waals surface area contributed by atoms with E-state index in [0.717, 1.165) is 5.56 Å². The third kappa shape index (κ3) is 7.16. The van der Waals surface area contributed by atoms with Crippen LogP contribution in [0.15, 0.2) is 84.4 Å². The highest BCUT2D eigenvalue weighted by atomic mass is 35.5. The van der Waals surface area contributed by atoms with Crippen LogP contribution in [0.2, 0.25) is 15.1 Å². The van der Waals surface area contributed by atoms with Crippen LogP contribution in [0.25, 0.3) is 0 Å². The number of carbonyl (C=O) groups excluding carboxylic acids is 1. The number of nitrogens with zero attached hydrogens (tertiary/aromatic N) is 1. The lowest BCUT2D eigenvalue weighted by Crippen LogP contribution is -2.52. The largest absolute Gasteiger partial charge is 0.494 e. The molecule has 0 fully saturated rings. The molecule has 1 amide bonds. The van der Waals surface area contributed by atoms with E-state index < -0.39 is 17.6 Å². The molecule has 3 N–H and O–H groups in total. The minimum atomic E-state index is -1.39. The van der Waals surface area contributed by atoms with Crippen molar-refractivity contribution < 1.29 is 19.4 Å². The quantitative estimate of drug-likeness (QED) is 0.125. The monoisotopic (exact) mass is 601 g/mol. The molecule has 3 aromatic carbocycles. The van der Waals surface area contributed by atoms with Gasteiger partial charge in [-0.25, -0.2) is 10.4 Å². The number of aliphatic hydroxyl groups excluding tert-OH is 1. The summed E-state index contributed by atoms with van der Waals surface area (Å²) in [5, 5.41) is 10.5. The van der Waals surface area contributed by atoms with Crippen molar-refractivity contribution in [2.45, 2.75) is 30.9 Å². The Balaban J connectivity index is 1.60. The minimum absolute atomic E-state index is 0.0558. The molecule has 7 nitrogen and oxygen atoms in total. The number of rotatable bonds is 13. The summed E-state index contributed by atoms with van der Waals surface area (Å²) >= 11 is 18.8.